The molecular formula is C38H40N4OPt+2. The molecule has 0 spiro atoms. The second kappa shape index (κ2) is 11.3. The Bertz CT molecular complexity index is 1990. The van der Waals surface area contributed by atoms with Crippen molar-refractivity contribution >= 4 is 33.5 Å². The molecule has 1 aliphatic heterocycles. The maximum atomic E-state index is 6.54. The van der Waals surface area contributed by atoms with Crippen LogP contribution in [0.2, 0.25) is 0 Å². The maximum Gasteiger partial charge on any atom is 2.00 e. The molecule has 5 nitrogen and oxygen atoms in total. The van der Waals surface area contributed by atoms with Crippen molar-refractivity contribution in [1.29, 1.82) is 0 Å². The van der Waals surface area contributed by atoms with Crippen LogP contribution in [0.3, 0.4) is 0 Å². The molecule has 0 fully saturated rings. The van der Waals surface area contributed by atoms with Gasteiger partial charge < -0.3 is 9.30 Å². The van der Waals surface area contributed by atoms with E-state index in [1.165, 1.54) is 5.56 Å². The number of aromatic nitrogens is 2. The molecule has 0 bridgehead atoms. The van der Waals surface area contributed by atoms with E-state index >= 15 is 0 Å². The molecular weight excluding hydrogens is 724 g/mol. The number of pyridine rings is 1. The monoisotopic (exact) mass is 763 g/mol. The zero-order valence-electron chi connectivity index (χ0n) is 27.0. The van der Waals surface area contributed by atoms with E-state index in [0.29, 0.717) is 11.5 Å². The van der Waals surface area contributed by atoms with Gasteiger partial charge in [0.15, 0.2) is 5.54 Å². The van der Waals surface area contributed by atoms with Crippen molar-refractivity contribution in [2.45, 2.75) is 78.7 Å². The fraction of sp³-hybridized carbons (Fsp3) is 0.316. The van der Waals surface area contributed by atoms with Gasteiger partial charge in [0.05, 0.1) is 0 Å². The number of para-hydroxylation sites is 1. The topological polar surface area (TPSA) is 33.1 Å². The van der Waals surface area contributed by atoms with Gasteiger partial charge in [-0.1, -0.05) is 86.5 Å². The van der Waals surface area contributed by atoms with Gasteiger partial charge in [-0.15, -0.1) is 29.1 Å². The number of hydrogen-bond acceptors (Lipinski definition) is 2. The van der Waals surface area contributed by atoms with Gasteiger partial charge in [0.2, 0.25) is 6.20 Å². The molecule has 44 heavy (non-hydrogen) atoms. The van der Waals surface area contributed by atoms with Crippen molar-refractivity contribution in [3.63, 3.8) is 0 Å². The molecule has 0 atom stereocenters. The summed E-state index contributed by atoms with van der Waals surface area (Å²) < 4.78 is 12.8. The molecule has 1 aliphatic rings. The fourth-order valence-corrected chi connectivity index (χ4v) is 5.27. The minimum Gasteiger partial charge on any atom is -0.509 e. The van der Waals surface area contributed by atoms with E-state index < -0.39 is 0 Å². The van der Waals surface area contributed by atoms with Crippen molar-refractivity contribution in [2.75, 3.05) is 0 Å². The smallest absolute Gasteiger partial charge is 0.509 e. The van der Waals surface area contributed by atoms with Crippen LogP contribution in [0.4, 0.5) is 5.69 Å². The summed E-state index contributed by atoms with van der Waals surface area (Å²) in [6, 6.07) is 31.6. The standard InChI is InChI=1S/C38H40N4O.Pt/c1-36(2,3)26-16-17-39-35(22-26)42-33-13-11-10-12-31(33)32-15-14-29(24-34(32)42)43-30-21-27(37(4,5)6)20-28(23-30)40-18-19-41(25-40)38(7,8)9;/h10-22H,1-9H3;/q;+2. The molecule has 0 N–H and O–H groups in total. The first-order valence-electron chi connectivity index (χ1n) is 14.9. The largest absolute Gasteiger partial charge is 2.00 e. The zero-order valence-corrected chi connectivity index (χ0v) is 29.3. The summed E-state index contributed by atoms with van der Waals surface area (Å²) in [6.45, 7) is 19.8. The average molecular weight is 764 g/mol. The third kappa shape index (κ3) is 6.09. The first-order chi connectivity index (χ1) is 20.2. The molecule has 0 radical (unpaired) electrons. The summed E-state index contributed by atoms with van der Waals surface area (Å²) in [7, 11) is 0. The zero-order chi connectivity index (χ0) is 30.7. The molecule has 0 unspecified atom stereocenters. The van der Waals surface area contributed by atoms with Crippen molar-refractivity contribution < 1.29 is 35.0 Å². The predicted molar refractivity (Wildman–Crippen MR) is 174 cm³/mol. The molecule has 2 aromatic heterocycles. The molecule has 3 aromatic carbocycles. The van der Waals surface area contributed by atoms with Crippen LogP contribution >= 0.6 is 0 Å². The molecule has 0 saturated heterocycles. The summed E-state index contributed by atoms with van der Waals surface area (Å²) >= 11 is 0. The average Bonchev–Trinajstić information content (AvgIpc) is 3.56. The minimum atomic E-state index is -0.0844. The number of hydrogen-bond donors (Lipinski definition) is 0. The van der Waals surface area contributed by atoms with Gasteiger partial charge in [-0.3, -0.25) is 0 Å². The summed E-state index contributed by atoms with van der Waals surface area (Å²) in [5.74, 6) is 2.13. The Morgan fingerprint density at radius 2 is 1.48 bits per heavy atom. The van der Waals surface area contributed by atoms with Crippen molar-refractivity contribution in [3.05, 3.63) is 103 Å². The summed E-state index contributed by atoms with van der Waals surface area (Å²) in [4.78, 5) is 4.80. The minimum absolute atomic E-state index is 0. The quantitative estimate of drug-likeness (QED) is 0.135. The molecule has 5 aromatic rings. The van der Waals surface area contributed by atoms with E-state index in [9.17, 15) is 0 Å². The van der Waals surface area contributed by atoms with Gasteiger partial charge >= 0.3 is 27.1 Å². The van der Waals surface area contributed by atoms with Crippen LogP contribution < -0.4 is 4.74 Å². The van der Waals surface area contributed by atoms with Crippen molar-refractivity contribution in [2.24, 2.45) is 0 Å². The predicted octanol–water partition coefficient (Wildman–Crippen LogP) is 9.28. The second-order valence-electron chi connectivity index (χ2n) is 14.4. The Balaban J connectivity index is 0.00000384. The van der Waals surface area contributed by atoms with Gasteiger partial charge in [0, 0.05) is 44.0 Å². The number of rotatable bonds is 4. The number of nitrogens with zero attached hydrogens (tertiary/aromatic N) is 4. The van der Waals surface area contributed by atoms with Crippen LogP contribution in [0.15, 0.2) is 79.3 Å². The Morgan fingerprint density at radius 3 is 2.16 bits per heavy atom. The van der Waals surface area contributed by atoms with Crippen LogP contribution in [0, 0.1) is 12.1 Å². The van der Waals surface area contributed by atoms with Crippen molar-refractivity contribution in [1.82, 2.24) is 9.55 Å². The summed E-state index contributed by atoms with van der Waals surface area (Å²) in [5.41, 5.74) is 5.12. The van der Waals surface area contributed by atoms with E-state index in [4.69, 9.17) is 9.72 Å². The molecule has 0 saturated carbocycles. The van der Waals surface area contributed by atoms with Crippen LogP contribution in [-0.4, -0.2) is 30.2 Å². The normalized spacial score (nSPS) is 13.7. The van der Waals surface area contributed by atoms with E-state index in [1.54, 1.807) is 0 Å². The van der Waals surface area contributed by atoms with Gasteiger partial charge in [-0.25, -0.2) is 4.98 Å². The Kier molecular flexibility index (Phi) is 8.12. The third-order valence-electron chi connectivity index (χ3n) is 7.88. The van der Waals surface area contributed by atoms with Gasteiger partial charge in [-0.2, -0.15) is 6.07 Å². The van der Waals surface area contributed by atoms with E-state index in [-0.39, 0.29) is 37.4 Å². The summed E-state index contributed by atoms with van der Waals surface area (Å²) in [5, 5.41) is 2.26. The Morgan fingerprint density at radius 1 is 0.750 bits per heavy atom. The van der Waals surface area contributed by atoms with E-state index in [1.807, 2.05) is 29.2 Å². The number of ether oxygens (including phenoxy) is 1. The first kappa shape index (κ1) is 31.6. The third-order valence-corrected chi connectivity index (χ3v) is 7.88. The van der Waals surface area contributed by atoms with Gasteiger partial charge in [0.25, 0.3) is 6.20 Å². The van der Waals surface area contributed by atoms with Crippen LogP contribution in [0.1, 0.15) is 73.4 Å². The molecule has 226 valence electrons. The molecule has 3 heterocycles. The molecule has 0 amide bonds. The van der Waals surface area contributed by atoms with Crippen molar-refractivity contribution in [3.8, 4) is 17.3 Å². The van der Waals surface area contributed by atoms with E-state index in [2.05, 4.69) is 144 Å². The van der Waals surface area contributed by atoms with Gasteiger partial charge in [0.1, 0.15) is 11.5 Å². The maximum absolute atomic E-state index is 6.54. The molecule has 6 rings (SSSR count). The SMILES string of the molecule is CC(C)(C)c1cc(Oc2[c-]c3c(cc2)c2ccccc2n3-c2cc(C(C)(C)C)ccn2)[c-]c([N+]2=C=[N+](C(C)(C)C)C=C2)c1.[Pt+2]. The first-order valence-corrected chi connectivity index (χ1v) is 14.9. The Labute approximate surface area is 275 Å². The summed E-state index contributed by atoms with van der Waals surface area (Å²) in [6.07, 6.45) is 5.96. The van der Waals surface area contributed by atoms with E-state index in [0.717, 1.165) is 38.9 Å². The number of fused-ring (bicyclic) bond motifs is 3. The van der Waals surface area contributed by atoms with Crippen LogP contribution in [0.5, 0.6) is 11.5 Å². The molecule has 6 heteroatoms. The number of benzene rings is 3. The fourth-order valence-electron chi connectivity index (χ4n) is 5.27. The van der Waals surface area contributed by atoms with Crippen LogP contribution in [0.25, 0.3) is 27.6 Å². The Hall–Kier alpha value is -3.78. The second-order valence-corrected chi connectivity index (χ2v) is 14.4. The molecule has 0 aliphatic carbocycles. The van der Waals surface area contributed by atoms with Gasteiger partial charge in [-0.05, 0) is 40.0 Å². The van der Waals surface area contributed by atoms with Crippen LogP contribution in [-0.2, 0) is 31.9 Å².